The van der Waals surface area contributed by atoms with Crippen molar-refractivity contribution in [1.82, 2.24) is 9.97 Å². The average Bonchev–Trinajstić information content (AvgIpc) is 3.26. The van der Waals surface area contributed by atoms with Gasteiger partial charge in [0.25, 0.3) is 0 Å². The van der Waals surface area contributed by atoms with Crippen LogP contribution in [0.25, 0.3) is 11.3 Å². The van der Waals surface area contributed by atoms with Crippen LogP contribution in [0.3, 0.4) is 0 Å². The lowest BCUT2D eigenvalue weighted by Gasteiger charge is -2.10. The number of benzene rings is 1. The molecule has 1 saturated carbocycles. The van der Waals surface area contributed by atoms with E-state index in [4.69, 9.17) is 17.0 Å². The summed E-state index contributed by atoms with van der Waals surface area (Å²) in [5.74, 6) is 2.46. The summed E-state index contributed by atoms with van der Waals surface area (Å²) in [6, 6.07) is 8.01. The monoisotopic (exact) mass is 272 g/mol. The smallest absolute Gasteiger partial charge is 0.133 e. The fourth-order valence-corrected chi connectivity index (χ4v) is 2.35. The minimum Gasteiger partial charge on any atom is -0.497 e. The Balaban J connectivity index is 2.09. The van der Waals surface area contributed by atoms with Gasteiger partial charge in [-0.15, -0.1) is 0 Å². The van der Waals surface area contributed by atoms with Crippen LogP contribution in [0.5, 0.6) is 5.75 Å². The number of methoxy groups -OCH3 is 1. The summed E-state index contributed by atoms with van der Waals surface area (Å²) in [7, 11) is 1.67. The van der Waals surface area contributed by atoms with Crippen molar-refractivity contribution >= 4 is 12.2 Å². The Morgan fingerprint density at radius 1 is 1.26 bits per heavy atom. The normalized spacial score (nSPS) is 14.4. The summed E-state index contributed by atoms with van der Waals surface area (Å²) >= 11 is 5.37. The molecule has 1 aliphatic carbocycles. The Bertz CT molecular complexity index is 657. The van der Waals surface area contributed by atoms with E-state index in [0.717, 1.165) is 28.4 Å². The number of nitrogens with zero attached hydrogens (tertiary/aromatic N) is 1. The standard InChI is InChI=1S/C15H16N2OS/c1-9-13(10-5-7-12(18-2)8-6-10)16-14(11-3-4-11)17-15(9)19/h5-8,11H,3-4H2,1-2H3,(H,16,17,19). The van der Waals surface area contributed by atoms with Crippen LogP contribution in [0.2, 0.25) is 0 Å². The van der Waals surface area contributed by atoms with Gasteiger partial charge in [0.15, 0.2) is 0 Å². The number of aromatic nitrogens is 2. The van der Waals surface area contributed by atoms with Gasteiger partial charge >= 0.3 is 0 Å². The van der Waals surface area contributed by atoms with Crippen molar-refractivity contribution in [2.75, 3.05) is 7.11 Å². The molecular formula is C15H16N2OS. The zero-order valence-electron chi connectivity index (χ0n) is 11.1. The molecule has 2 aromatic rings. The van der Waals surface area contributed by atoms with E-state index in [9.17, 15) is 0 Å². The van der Waals surface area contributed by atoms with Crippen LogP contribution >= 0.6 is 12.2 Å². The van der Waals surface area contributed by atoms with Crippen LogP contribution in [0, 0.1) is 11.6 Å². The van der Waals surface area contributed by atoms with Gasteiger partial charge in [0.05, 0.1) is 12.8 Å². The zero-order chi connectivity index (χ0) is 13.4. The van der Waals surface area contributed by atoms with E-state index in [2.05, 4.69) is 9.97 Å². The Morgan fingerprint density at radius 2 is 1.95 bits per heavy atom. The number of rotatable bonds is 3. The van der Waals surface area contributed by atoms with Crippen molar-refractivity contribution in [3.05, 3.63) is 40.3 Å². The second-order valence-corrected chi connectivity index (χ2v) is 5.32. The molecule has 98 valence electrons. The number of H-pyrrole nitrogens is 1. The van der Waals surface area contributed by atoms with Gasteiger partial charge in [-0.05, 0) is 49.6 Å². The van der Waals surface area contributed by atoms with Gasteiger partial charge in [0.2, 0.25) is 0 Å². The van der Waals surface area contributed by atoms with Gasteiger partial charge in [-0.2, -0.15) is 0 Å². The van der Waals surface area contributed by atoms with E-state index in [1.54, 1.807) is 7.11 Å². The molecule has 3 rings (SSSR count). The highest BCUT2D eigenvalue weighted by Crippen LogP contribution is 2.39. The van der Waals surface area contributed by atoms with Crippen molar-refractivity contribution in [3.8, 4) is 17.0 Å². The third-order valence-corrected chi connectivity index (χ3v) is 3.91. The van der Waals surface area contributed by atoms with Crippen molar-refractivity contribution in [3.63, 3.8) is 0 Å². The molecule has 1 aromatic heterocycles. The SMILES string of the molecule is COc1ccc(-c2[nH]c(C3CC3)nc(=S)c2C)cc1. The predicted octanol–water partition coefficient (Wildman–Crippen LogP) is 4.00. The molecule has 1 aromatic carbocycles. The number of aromatic amines is 1. The highest BCUT2D eigenvalue weighted by Gasteiger charge is 2.26. The lowest BCUT2D eigenvalue weighted by molar-refractivity contribution is 0.415. The molecule has 0 aliphatic heterocycles. The average molecular weight is 272 g/mol. The fourth-order valence-electron chi connectivity index (χ4n) is 2.15. The second-order valence-electron chi connectivity index (χ2n) is 4.93. The first-order valence-corrected chi connectivity index (χ1v) is 6.85. The van der Waals surface area contributed by atoms with Gasteiger partial charge in [0, 0.05) is 11.5 Å². The summed E-state index contributed by atoms with van der Waals surface area (Å²) in [5, 5.41) is 0. The fraction of sp³-hybridized carbons (Fsp3) is 0.333. The molecule has 1 fully saturated rings. The maximum atomic E-state index is 5.37. The minimum absolute atomic E-state index is 0.569. The summed E-state index contributed by atoms with van der Waals surface area (Å²) in [6.07, 6.45) is 2.42. The van der Waals surface area contributed by atoms with E-state index in [1.807, 2.05) is 31.2 Å². The van der Waals surface area contributed by atoms with Crippen LogP contribution in [-0.2, 0) is 0 Å². The van der Waals surface area contributed by atoms with E-state index < -0.39 is 0 Å². The molecular weight excluding hydrogens is 256 g/mol. The van der Waals surface area contributed by atoms with Gasteiger partial charge in [0.1, 0.15) is 16.2 Å². The lowest BCUT2D eigenvalue weighted by atomic mass is 10.1. The summed E-state index contributed by atoms with van der Waals surface area (Å²) in [4.78, 5) is 7.94. The molecule has 0 spiro atoms. The Kier molecular flexibility index (Phi) is 3.11. The van der Waals surface area contributed by atoms with E-state index in [1.165, 1.54) is 12.8 Å². The van der Waals surface area contributed by atoms with E-state index in [0.29, 0.717) is 10.6 Å². The largest absolute Gasteiger partial charge is 0.497 e. The highest BCUT2D eigenvalue weighted by atomic mass is 32.1. The maximum absolute atomic E-state index is 5.37. The van der Waals surface area contributed by atoms with Crippen molar-refractivity contribution < 1.29 is 4.74 Å². The topological polar surface area (TPSA) is 37.9 Å². The van der Waals surface area contributed by atoms with E-state index in [-0.39, 0.29) is 0 Å². The first kappa shape index (κ1) is 12.4. The van der Waals surface area contributed by atoms with Crippen LogP contribution in [0.15, 0.2) is 24.3 Å². The first-order chi connectivity index (χ1) is 9.19. The number of nitrogens with one attached hydrogen (secondary N) is 1. The number of hydrogen-bond donors (Lipinski definition) is 1. The van der Waals surface area contributed by atoms with Crippen molar-refractivity contribution in [2.24, 2.45) is 0 Å². The Hall–Kier alpha value is -1.68. The molecule has 3 nitrogen and oxygen atoms in total. The number of ether oxygens (including phenoxy) is 1. The molecule has 1 N–H and O–H groups in total. The van der Waals surface area contributed by atoms with Crippen LogP contribution in [0.4, 0.5) is 0 Å². The molecule has 0 atom stereocenters. The van der Waals surface area contributed by atoms with Crippen LogP contribution < -0.4 is 4.74 Å². The van der Waals surface area contributed by atoms with Crippen molar-refractivity contribution in [2.45, 2.75) is 25.7 Å². The summed E-state index contributed by atoms with van der Waals surface area (Å²) < 4.78 is 5.89. The second kappa shape index (κ2) is 4.78. The molecule has 1 aliphatic rings. The third-order valence-electron chi connectivity index (χ3n) is 3.51. The highest BCUT2D eigenvalue weighted by molar-refractivity contribution is 7.71. The van der Waals surface area contributed by atoms with Crippen molar-refractivity contribution in [1.29, 1.82) is 0 Å². The molecule has 0 radical (unpaired) electrons. The predicted molar refractivity (Wildman–Crippen MR) is 78.1 cm³/mol. The molecule has 0 saturated heterocycles. The molecule has 0 unspecified atom stereocenters. The number of hydrogen-bond acceptors (Lipinski definition) is 3. The summed E-state index contributed by atoms with van der Waals surface area (Å²) in [6.45, 7) is 2.02. The Morgan fingerprint density at radius 3 is 2.53 bits per heavy atom. The third kappa shape index (κ3) is 2.40. The molecule has 0 bridgehead atoms. The lowest BCUT2D eigenvalue weighted by Crippen LogP contribution is -1.99. The first-order valence-electron chi connectivity index (χ1n) is 6.44. The van der Waals surface area contributed by atoms with Crippen LogP contribution in [0.1, 0.15) is 30.1 Å². The van der Waals surface area contributed by atoms with Crippen LogP contribution in [-0.4, -0.2) is 17.1 Å². The molecule has 0 amide bonds. The molecule has 19 heavy (non-hydrogen) atoms. The molecule has 1 heterocycles. The zero-order valence-corrected chi connectivity index (χ0v) is 11.9. The minimum atomic E-state index is 0.569. The van der Waals surface area contributed by atoms with Gasteiger partial charge in [-0.25, -0.2) is 4.98 Å². The van der Waals surface area contributed by atoms with Gasteiger partial charge in [-0.3, -0.25) is 0 Å². The maximum Gasteiger partial charge on any atom is 0.133 e. The van der Waals surface area contributed by atoms with Gasteiger partial charge < -0.3 is 9.72 Å². The van der Waals surface area contributed by atoms with E-state index >= 15 is 0 Å². The molecule has 4 heteroatoms. The Labute approximate surface area is 117 Å². The quantitative estimate of drug-likeness (QED) is 0.858. The van der Waals surface area contributed by atoms with Gasteiger partial charge in [-0.1, -0.05) is 12.2 Å². The summed E-state index contributed by atoms with van der Waals surface area (Å²) in [5.41, 5.74) is 3.22.